The SMILES string of the molecule is CC(C)C(CNC(=O)N[C@H](CC(=O)O)C(=O)O)C(C)C. The lowest BCUT2D eigenvalue weighted by Gasteiger charge is -2.25. The predicted octanol–water partition coefficient (Wildman–Crippen LogP) is 1.14. The summed E-state index contributed by atoms with van der Waals surface area (Å²) in [4.78, 5) is 32.9. The minimum Gasteiger partial charge on any atom is -0.481 e. The standard InChI is InChI=1S/C13H24N2O5/c1-7(2)9(8(3)4)6-14-13(20)15-10(12(18)19)5-11(16)17/h7-10H,5-6H2,1-4H3,(H,16,17)(H,18,19)(H2,14,15,20)/t10-/m1/s1. The lowest BCUT2D eigenvalue weighted by molar-refractivity contribution is -0.145. The van der Waals surface area contributed by atoms with Crippen LogP contribution in [0.25, 0.3) is 0 Å². The third-order valence-electron chi connectivity index (χ3n) is 3.19. The van der Waals surface area contributed by atoms with Gasteiger partial charge in [-0.1, -0.05) is 27.7 Å². The maximum absolute atomic E-state index is 11.6. The van der Waals surface area contributed by atoms with E-state index in [1.54, 1.807) is 0 Å². The fourth-order valence-electron chi connectivity index (χ4n) is 2.04. The Morgan fingerprint density at radius 1 is 1.00 bits per heavy atom. The topological polar surface area (TPSA) is 116 Å². The van der Waals surface area contributed by atoms with E-state index in [9.17, 15) is 14.4 Å². The van der Waals surface area contributed by atoms with E-state index in [0.717, 1.165) is 0 Å². The van der Waals surface area contributed by atoms with Crippen LogP contribution in [0.3, 0.4) is 0 Å². The molecule has 0 aromatic carbocycles. The third kappa shape index (κ3) is 6.96. The lowest BCUT2D eigenvalue weighted by atomic mass is 9.85. The number of carboxylic acids is 2. The maximum atomic E-state index is 11.6. The van der Waals surface area contributed by atoms with Crippen LogP contribution in [0.5, 0.6) is 0 Å². The van der Waals surface area contributed by atoms with E-state index in [2.05, 4.69) is 38.3 Å². The number of hydrogen-bond donors (Lipinski definition) is 4. The molecule has 0 aromatic heterocycles. The van der Waals surface area contributed by atoms with Crippen LogP contribution in [0.2, 0.25) is 0 Å². The van der Waals surface area contributed by atoms with E-state index in [4.69, 9.17) is 10.2 Å². The van der Waals surface area contributed by atoms with Crippen LogP contribution in [0, 0.1) is 17.8 Å². The molecule has 4 N–H and O–H groups in total. The molecular weight excluding hydrogens is 264 g/mol. The largest absolute Gasteiger partial charge is 0.481 e. The number of rotatable bonds is 8. The summed E-state index contributed by atoms with van der Waals surface area (Å²) in [5, 5.41) is 22.1. The Hall–Kier alpha value is -1.79. The van der Waals surface area contributed by atoms with Crippen LogP contribution >= 0.6 is 0 Å². The van der Waals surface area contributed by atoms with Gasteiger partial charge in [-0.25, -0.2) is 9.59 Å². The van der Waals surface area contributed by atoms with Crippen molar-refractivity contribution in [3.8, 4) is 0 Å². The van der Waals surface area contributed by atoms with Gasteiger partial charge < -0.3 is 20.8 Å². The van der Waals surface area contributed by atoms with Gasteiger partial charge in [0.25, 0.3) is 0 Å². The zero-order chi connectivity index (χ0) is 15.9. The number of carbonyl (C=O) groups excluding carboxylic acids is 1. The number of nitrogens with one attached hydrogen (secondary N) is 2. The highest BCUT2D eigenvalue weighted by Gasteiger charge is 2.24. The first-order valence-corrected chi connectivity index (χ1v) is 6.64. The molecule has 7 nitrogen and oxygen atoms in total. The summed E-state index contributed by atoms with van der Waals surface area (Å²) in [6.07, 6.45) is -0.652. The van der Waals surface area contributed by atoms with Crippen molar-refractivity contribution in [1.82, 2.24) is 10.6 Å². The van der Waals surface area contributed by atoms with E-state index in [0.29, 0.717) is 18.4 Å². The minimum absolute atomic E-state index is 0.267. The zero-order valence-corrected chi connectivity index (χ0v) is 12.3. The van der Waals surface area contributed by atoms with Gasteiger partial charge in [-0.2, -0.15) is 0 Å². The van der Waals surface area contributed by atoms with Gasteiger partial charge in [0, 0.05) is 6.54 Å². The maximum Gasteiger partial charge on any atom is 0.326 e. The van der Waals surface area contributed by atoms with Crippen molar-refractivity contribution in [2.24, 2.45) is 17.8 Å². The summed E-state index contributed by atoms with van der Waals surface area (Å²) in [5.74, 6) is -1.62. The number of amides is 2. The van der Waals surface area contributed by atoms with E-state index >= 15 is 0 Å². The molecule has 2 amide bonds. The van der Waals surface area contributed by atoms with Crippen LogP contribution in [0.4, 0.5) is 4.79 Å². The van der Waals surface area contributed by atoms with Crippen molar-refractivity contribution in [3.63, 3.8) is 0 Å². The highest BCUT2D eigenvalue weighted by molar-refractivity contribution is 5.86. The van der Waals surface area contributed by atoms with Gasteiger partial charge in [-0.15, -0.1) is 0 Å². The molecule has 0 bridgehead atoms. The molecule has 7 heteroatoms. The second-order valence-corrected chi connectivity index (χ2v) is 5.49. The molecule has 0 saturated carbocycles. The summed E-state index contributed by atoms with van der Waals surface area (Å²) in [5.41, 5.74) is 0. The van der Waals surface area contributed by atoms with Gasteiger partial charge in [0.05, 0.1) is 6.42 Å². The molecule has 1 atom stereocenters. The van der Waals surface area contributed by atoms with E-state index in [-0.39, 0.29) is 5.92 Å². The molecule has 0 heterocycles. The summed E-state index contributed by atoms with van der Waals surface area (Å²) in [6, 6.07) is -2.09. The van der Waals surface area contributed by atoms with Crippen molar-refractivity contribution < 1.29 is 24.6 Å². The van der Waals surface area contributed by atoms with Crippen LogP contribution in [-0.2, 0) is 9.59 Å². The lowest BCUT2D eigenvalue weighted by Crippen LogP contribution is -2.48. The third-order valence-corrected chi connectivity index (χ3v) is 3.19. The highest BCUT2D eigenvalue weighted by Crippen LogP contribution is 2.19. The second-order valence-electron chi connectivity index (χ2n) is 5.49. The Balaban J connectivity index is 4.39. The summed E-state index contributed by atoms with van der Waals surface area (Å²) in [6.45, 7) is 8.62. The number of urea groups is 1. The van der Waals surface area contributed by atoms with Crippen LogP contribution in [0.15, 0.2) is 0 Å². The van der Waals surface area contributed by atoms with Gasteiger partial charge in [0.2, 0.25) is 0 Å². The van der Waals surface area contributed by atoms with Gasteiger partial charge in [0.15, 0.2) is 0 Å². The van der Waals surface area contributed by atoms with Crippen LogP contribution in [-0.4, -0.2) is 40.8 Å². The Labute approximate surface area is 118 Å². The van der Waals surface area contributed by atoms with Crippen molar-refractivity contribution in [3.05, 3.63) is 0 Å². The van der Waals surface area contributed by atoms with E-state index in [1.165, 1.54) is 0 Å². The van der Waals surface area contributed by atoms with Crippen molar-refractivity contribution in [2.75, 3.05) is 6.54 Å². The minimum atomic E-state index is -1.43. The first kappa shape index (κ1) is 18.2. The Bertz CT molecular complexity index is 347. The molecule has 0 unspecified atom stereocenters. The van der Waals surface area contributed by atoms with Gasteiger partial charge in [-0.3, -0.25) is 4.79 Å². The Kier molecular flexibility index (Phi) is 7.64. The van der Waals surface area contributed by atoms with Gasteiger partial charge in [-0.05, 0) is 17.8 Å². The molecule has 20 heavy (non-hydrogen) atoms. The van der Waals surface area contributed by atoms with E-state index < -0.39 is 30.4 Å². The van der Waals surface area contributed by atoms with Crippen molar-refractivity contribution in [1.29, 1.82) is 0 Å². The molecule has 116 valence electrons. The monoisotopic (exact) mass is 288 g/mol. The molecule has 0 spiro atoms. The normalized spacial score (nSPS) is 12.6. The van der Waals surface area contributed by atoms with Crippen LogP contribution in [0.1, 0.15) is 34.1 Å². The summed E-state index contributed by atoms with van der Waals surface area (Å²) in [7, 11) is 0. The predicted molar refractivity (Wildman–Crippen MR) is 73.4 cm³/mol. The number of aliphatic carboxylic acids is 2. The molecule has 0 rings (SSSR count). The zero-order valence-electron chi connectivity index (χ0n) is 12.3. The van der Waals surface area contributed by atoms with Gasteiger partial charge >= 0.3 is 18.0 Å². The Morgan fingerprint density at radius 3 is 1.85 bits per heavy atom. The summed E-state index contributed by atoms with van der Waals surface area (Å²) < 4.78 is 0. The number of hydrogen-bond acceptors (Lipinski definition) is 3. The average Bonchev–Trinajstić information content (AvgIpc) is 2.26. The number of carbonyl (C=O) groups is 3. The molecule has 0 aliphatic heterocycles. The first-order chi connectivity index (χ1) is 9.15. The Morgan fingerprint density at radius 2 is 1.50 bits per heavy atom. The fraction of sp³-hybridized carbons (Fsp3) is 0.769. The van der Waals surface area contributed by atoms with E-state index in [1.807, 2.05) is 0 Å². The van der Waals surface area contributed by atoms with Crippen molar-refractivity contribution in [2.45, 2.75) is 40.2 Å². The highest BCUT2D eigenvalue weighted by atomic mass is 16.4. The molecule has 0 radical (unpaired) electrons. The molecule has 0 aliphatic carbocycles. The van der Waals surface area contributed by atoms with Gasteiger partial charge in [0.1, 0.15) is 6.04 Å². The quantitative estimate of drug-likeness (QED) is 0.534. The molecule has 0 saturated heterocycles. The smallest absolute Gasteiger partial charge is 0.326 e. The average molecular weight is 288 g/mol. The molecule has 0 aromatic rings. The first-order valence-electron chi connectivity index (χ1n) is 6.64. The fourth-order valence-corrected chi connectivity index (χ4v) is 2.04. The second kappa shape index (κ2) is 8.39. The van der Waals surface area contributed by atoms with Crippen LogP contribution < -0.4 is 10.6 Å². The molecule has 0 fully saturated rings. The van der Waals surface area contributed by atoms with Crippen molar-refractivity contribution >= 4 is 18.0 Å². The number of carboxylic acid groups (broad SMARTS) is 2. The molecular formula is C13H24N2O5. The molecule has 0 aliphatic rings. The summed E-state index contributed by atoms with van der Waals surface area (Å²) >= 11 is 0.